The monoisotopic (exact) mass is 404 g/mol. The van der Waals surface area contributed by atoms with Crippen molar-refractivity contribution in [1.82, 2.24) is 0 Å². The van der Waals surface area contributed by atoms with Crippen LogP contribution in [-0.4, -0.2) is 30.3 Å². The largest absolute Gasteiger partial charge is 0.479 e. The Morgan fingerprint density at radius 2 is 1.93 bits per heavy atom. The summed E-state index contributed by atoms with van der Waals surface area (Å²) in [4.78, 5) is 24.8. The number of thioether (sulfide) groups is 1. The smallest absolute Gasteiger partial charge is 0.347 e. The molecule has 0 aliphatic heterocycles. The van der Waals surface area contributed by atoms with E-state index in [1.807, 2.05) is 12.1 Å². The molecule has 0 unspecified atom stereocenters. The molecule has 0 fully saturated rings. The lowest BCUT2D eigenvalue weighted by molar-refractivity contribution is -0.153. The van der Waals surface area contributed by atoms with E-state index in [9.17, 15) is 9.59 Å². The summed E-state index contributed by atoms with van der Waals surface area (Å²) in [5, 5.41) is 11.9. The maximum atomic E-state index is 12.0. The lowest BCUT2D eigenvalue weighted by Gasteiger charge is -2.14. The van der Waals surface area contributed by atoms with Crippen molar-refractivity contribution in [1.29, 1.82) is 5.26 Å². The Morgan fingerprint density at radius 1 is 1.22 bits per heavy atom. The van der Waals surface area contributed by atoms with Crippen LogP contribution in [0.5, 0.6) is 5.75 Å². The van der Waals surface area contributed by atoms with Gasteiger partial charge in [-0.3, -0.25) is 4.79 Å². The quantitative estimate of drug-likeness (QED) is 0.530. The number of halogens is 1. The predicted molar refractivity (Wildman–Crippen MR) is 104 cm³/mol. The molecule has 0 aromatic heterocycles. The van der Waals surface area contributed by atoms with Gasteiger partial charge in [0.05, 0.1) is 17.5 Å². The number of para-hydroxylation sites is 1. The van der Waals surface area contributed by atoms with Gasteiger partial charge < -0.3 is 14.8 Å². The van der Waals surface area contributed by atoms with Crippen LogP contribution in [0, 0.1) is 11.3 Å². The summed E-state index contributed by atoms with van der Waals surface area (Å²) in [6.45, 7) is 1.09. The topological polar surface area (TPSA) is 88.4 Å². The molecule has 2 aromatic rings. The normalized spacial score (nSPS) is 11.1. The molecule has 2 rings (SSSR count). The Balaban J connectivity index is 1.83. The summed E-state index contributed by atoms with van der Waals surface area (Å²) in [5.41, 5.74) is 0.560. The molecule has 2 aromatic carbocycles. The van der Waals surface area contributed by atoms with Crippen molar-refractivity contribution < 1.29 is 19.1 Å². The molecule has 0 heterocycles. The van der Waals surface area contributed by atoms with Crippen molar-refractivity contribution in [2.45, 2.75) is 17.9 Å². The van der Waals surface area contributed by atoms with Crippen molar-refractivity contribution in [3.8, 4) is 11.8 Å². The second-order valence-electron chi connectivity index (χ2n) is 5.31. The van der Waals surface area contributed by atoms with Gasteiger partial charge in [-0.25, -0.2) is 4.79 Å². The Kier molecular flexibility index (Phi) is 7.99. The number of nitriles is 1. The van der Waals surface area contributed by atoms with Crippen LogP contribution in [0.3, 0.4) is 0 Å². The summed E-state index contributed by atoms with van der Waals surface area (Å²) in [6.07, 6.45) is -0.877. The van der Waals surface area contributed by atoms with Crippen molar-refractivity contribution >= 4 is 40.9 Å². The number of hydrogen-bond acceptors (Lipinski definition) is 6. The summed E-state index contributed by atoms with van der Waals surface area (Å²) in [6, 6.07) is 15.7. The standard InChI is InChI=1S/C19H17ClN2O4S/c1-13(26-15-8-6-14(20)7-9-15)19(24)25-12-18(23)22-16-4-2-3-5-17(16)27-11-10-21/h2-9,13H,11-12H2,1H3,(H,22,23)/t13-/m0/s1. The van der Waals surface area contributed by atoms with Crippen LogP contribution in [0.15, 0.2) is 53.4 Å². The number of anilines is 1. The number of carbonyl (C=O) groups excluding carboxylic acids is 2. The van der Waals surface area contributed by atoms with Crippen molar-refractivity contribution in [3.05, 3.63) is 53.6 Å². The number of nitrogens with one attached hydrogen (secondary N) is 1. The minimum Gasteiger partial charge on any atom is -0.479 e. The molecule has 0 radical (unpaired) electrons. The molecule has 0 aliphatic rings. The van der Waals surface area contributed by atoms with Crippen LogP contribution >= 0.6 is 23.4 Å². The van der Waals surface area contributed by atoms with E-state index in [4.69, 9.17) is 26.3 Å². The first-order valence-electron chi connectivity index (χ1n) is 7.97. The van der Waals surface area contributed by atoms with Crippen LogP contribution in [0.4, 0.5) is 5.69 Å². The fourth-order valence-corrected chi connectivity index (χ4v) is 2.81. The predicted octanol–water partition coefficient (Wildman–Crippen LogP) is 3.90. The van der Waals surface area contributed by atoms with Gasteiger partial charge >= 0.3 is 5.97 Å². The SMILES string of the molecule is C[C@H](Oc1ccc(Cl)cc1)C(=O)OCC(=O)Nc1ccccc1SCC#N. The Morgan fingerprint density at radius 3 is 2.63 bits per heavy atom. The molecule has 6 nitrogen and oxygen atoms in total. The average Bonchev–Trinajstić information content (AvgIpc) is 2.67. The fraction of sp³-hybridized carbons (Fsp3) is 0.211. The average molecular weight is 405 g/mol. The van der Waals surface area contributed by atoms with Crippen LogP contribution in [-0.2, 0) is 14.3 Å². The van der Waals surface area contributed by atoms with Gasteiger partial charge in [0.15, 0.2) is 12.7 Å². The first kappa shape index (κ1) is 20.6. The first-order valence-corrected chi connectivity index (χ1v) is 9.33. The lowest BCUT2D eigenvalue weighted by atomic mass is 10.3. The highest BCUT2D eigenvalue weighted by atomic mass is 35.5. The highest BCUT2D eigenvalue weighted by molar-refractivity contribution is 7.99. The molecule has 0 saturated carbocycles. The van der Waals surface area contributed by atoms with Gasteiger partial charge in [-0.1, -0.05) is 23.7 Å². The van der Waals surface area contributed by atoms with E-state index in [1.54, 1.807) is 42.5 Å². The molecule has 140 valence electrons. The highest BCUT2D eigenvalue weighted by Crippen LogP contribution is 2.26. The van der Waals surface area contributed by atoms with Crippen molar-refractivity contribution in [2.75, 3.05) is 17.7 Å². The van der Waals surface area contributed by atoms with Crippen molar-refractivity contribution in [3.63, 3.8) is 0 Å². The molecule has 1 atom stereocenters. The number of esters is 1. The zero-order valence-electron chi connectivity index (χ0n) is 14.5. The zero-order chi connectivity index (χ0) is 19.6. The number of benzene rings is 2. The summed E-state index contributed by atoms with van der Waals surface area (Å²) in [7, 11) is 0. The fourth-order valence-electron chi connectivity index (χ4n) is 2.01. The van der Waals surface area contributed by atoms with Crippen LogP contribution in [0.1, 0.15) is 6.92 Å². The second-order valence-corrected chi connectivity index (χ2v) is 6.77. The molecule has 0 saturated heterocycles. The number of ether oxygens (including phenoxy) is 2. The summed E-state index contributed by atoms with van der Waals surface area (Å²) >= 11 is 7.10. The van der Waals surface area contributed by atoms with Gasteiger partial charge in [0.2, 0.25) is 0 Å². The van der Waals surface area contributed by atoms with E-state index in [2.05, 4.69) is 5.32 Å². The van der Waals surface area contributed by atoms with Gasteiger partial charge in [-0.15, -0.1) is 11.8 Å². The molecule has 27 heavy (non-hydrogen) atoms. The molecular formula is C19H17ClN2O4S. The summed E-state index contributed by atoms with van der Waals surface area (Å²) in [5.74, 6) is -0.405. The van der Waals surface area contributed by atoms with Crippen LogP contribution < -0.4 is 10.1 Å². The van der Waals surface area contributed by atoms with E-state index in [1.165, 1.54) is 18.7 Å². The maximum Gasteiger partial charge on any atom is 0.347 e. The Hall–Kier alpha value is -2.69. The van der Waals surface area contributed by atoms with E-state index in [0.29, 0.717) is 16.5 Å². The third kappa shape index (κ3) is 6.85. The number of nitrogens with zero attached hydrogens (tertiary/aromatic N) is 1. The van der Waals surface area contributed by atoms with Crippen molar-refractivity contribution in [2.24, 2.45) is 0 Å². The van der Waals surface area contributed by atoms with Gasteiger partial charge in [-0.05, 0) is 43.3 Å². The number of amides is 1. The lowest BCUT2D eigenvalue weighted by Crippen LogP contribution is -2.29. The number of rotatable bonds is 8. The minimum absolute atomic E-state index is 0.265. The molecular weight excluding hydrogens is 388 g/mol. The third-order valence-electron chi connectivity index (χ3n) is 3.26. The van der Waals surface area contributed by atoms with E-state index < -0.39 is 24.6 Å². The summed E-state index contributed by atoms with van der Waals surface area (Å²) < 4.78 is 10.4. The van der Waals surface area contributed by atoms with E-state index >= 15 is 0 Å². The van der Waals surface area contributed by atoms with Gasteiger partial charge in [0, 0.05) is 9.92 Å². The molecule has 0 spiro atoms. The molecule has 8 heteroatoms. The Bertz CT molecular complexity index is 836. The second kappa shape index (κ2) is 10.5. The number of carbonyl (C=O) groups is 2. The maximum absolute atomic E-state index is 12.0. The van der Waals surface area contributed by atoms with Crippen LogP contribution in [0.2, 0.25) is 5.02 Å². The third-order valence-corrected chi connectivity index (χ3v) is 4.45. The molecule has 1 amide bonds. The molecule has 1 N–H and O–H groups in total. The van der Waals surface area contributed by atoms with Crippen LogP contribution in [0.25, 0.3) is 0 Å². The molecule has 0 aliphatic carbocycles. The highest BCUT2D eigenvalue weighted by Gasteiger charge is 2.18. The Labute approximate surface area is 166 Å². The first-order chi connectivity index (χ1) is 13.0. The number of hydrogen-bond donors (Lipinski definition) is 1. The van der Waals surface area contributed by atoms with E-state index in [0.717, 1.165) is 4.90 Å². The molecule has 0 bridgehead atoms. The van der Waals surface area contributed by atoms with Gasteiger partial charge in [0.1, 0.15) is 5.75 Å². The van der Waals surface area contributed by atoms with E-state index in [-0.39, 0.29) is 5.75 Å². The van der Waals surface area contributed by atoms with Gasteiger partial charge in [0.25, 0.3) is 5.91 Å². The van der Waals surface area contributed by atoms with Gasteiger partial charge in [-0.2, -0.15) is 5.26 Å². The zero-order valence-corrected chi connectivity index (χ0v) is 16.0. The minimum atomic E-state index is -0.877.